The number of nitrogens with zero attached hydrogens (tertiary/aromatic N) is 1. The van der Waals surface area contributed by atoms with E-state index in [1.165, 1.54) is 5.06 Å². The third-order valence-electron chi connectivity index (χ3n) is 6.03. The van der Waals surface area contributed by atoms with Crippen LogP contribution in [-0.4, -0.2) is 37.6 Å². The van der Waals surface area contributed by atoms with Crippen molar-refractivity contribution in [3.05, 3.63) is 0 Å². The first-order valence-electron chi connectivity index (χ1n) is 7.40. The molecule has 0 amide bonds. The summed E-state index contributed by atoms with van der Waals surface area (Å²) in [7, 11) is -3.70. The molecule has 2 saturated carbocycles. The van der Waals surface area contributed by atoms with E-state index in [1.807, 2.05) is 20.8 Å². The molecule has 0 N–H and O–H groups in total. The molecule has 1 saturated heterocycles. The van der Waals surface area contributed by atoms with E-state index in [2.05, 4.69) is 0 Å². The predicted molar refractivity (Wildman–Crippen MR) is 74.2 cm³/mol. The van der Waals surface area contributed by atoms with Gasteiger partial charge in [0.1, 0.15) is 5.78 Å². The van der Waals surface area contributed by atoms with E-state index in [9.17, 15) is 13.2 Å². The zero-order valence-corrected chi connectivity index (χ0v) is 13.2. The highest BCUT2D eigenvalue weighted by Crippen LogP contribution is 2.64. The number of carbonyl (C=O) groups excluding carboxylic acids is 1. The Bertz CT molecular complexity index is 541. The maximum atomic E-state index is 12.4. The first kappa shape index (κ1) is 14.5. The standard InChI is InChI=1S/C14H23NO4S/c1-10-5-7-15(10)19-20(17,18)9-14-6-4-11(8-12(14)16)13(14,2)3/h10-11H,4-9H2,1-3H3/t10-,11-,14-/m0/s1. The molecule has 3 atom stereocenters. The fraction of sp³-hybridized carbons (Fsp3) is 0.929. The zero-order valence-electron chi connectivity index (χ0n) is 12.4. The molecule has 5 nitrogen and oxygen atoms in total. The molecule has 0 spiro atoms. The van der Waals surface area contributed by atoms with Gasteiger partial charge < -0.3 is 0 Å². The highest BCUT2D eigenvalue weighted by Gasteiger charge is 2.65. The largest absolute Gasteiger partial charge is 0.299 e. The molecule has 6 heteroatoms. The van der Waals surface area contributed by atoms with Gasteiger partial charge in [0.2, 0.25) is 0 Å². The summed E-state index contributed by atoms with van der Waals surface area (Å²) in [5, 5.41) is 1.50. The van der Waals surface area contributed by atoms with Crippen LogP contribution in [0.2, 0.25) is 0 Å². The van der Waals surface area contributed by atoms with E-state index in [0.717, 1.165) is 12.8 Å². The quantitative estimate of drug-likeness (QED) is 0.791. The molecule has 0 aromatic heterocycles. The Morgan fingerprint density at radius 2 is 2.05 bits per heavy atom. The summed E-state index contributed by atoms with van der Waals surface area (Å²) in [4.78, 5) is 12.4. The van der Waals surface area contributed by atoms with Crippen LogP contribution in [0.3, 0.4) is 0 Å². The summed E-state index contributed by atoms with van der Waals surface area (Å²) in [5.41, 5.74) is -0.967. The molecule has 114 valence electrons. The second-order valence-electron chi connectivity index (χ2n) is 7.22. The van der Waals surface area contributed by atoms with Crippen molar-refractivity contribution >= 4 is 15.9 Å². The number of hydrogen-bond acceptors (Lipinski definition) is 5. The lowest BCUT2D eigenvalue weighted by atomic mass is 9.70. The highest BCUT2D eigenvalue weighted by molar-refractivity contribution is 7.86. The minimum atomic E-state index is -3.70. The Kier molecular flexibility index (Phi) is 3.09. The molecular formula is C14H23NO4S. The third-order valence-corrected chi connectivity index (χ3v) is 7.30. The van der Waals surface area contributed by atoms with Crippen molar-refractivity contribution in [2.45, 2.75) is 52.5 Å². The molecule has 2 aliphatic carbocycles. The Labute approximate surface area is 120 Å². The number of fused-ring (bicyclic) bond motifs is 2. The Hall–Kier alpha value is -0.460. The topological polar surface area (TPSA) is 63.7 Å². The summed E-state index contributed by atoms with van der Waals surface area (Å²) in [6, 6.07) is 0.144. The van der Waals surface area contributed by atoms with E-state index in [-0.39, 0.29) is 23.0 Å². The van der Waals surface area contributed by atoms with Gasteiger partial charge in [0, 0.05) is 19.0 Å². The number of carbonyl (C=O) groups is 1. The Morgan fingerprint density at radius 3 is 2.45 bits per heavy atom. The minimum absolute atomic E-state index is 0.114. The maximum Gasteiger partial charge on any atom is 0.284 e. The smallest absolute Gasteiger partial charge is 0.284 e. The second kappa shape index (κ2) is 4.27. The average Bonchev–Trinajstić information content (AvgIpc) is 2.68. The van der Waals surface area contributed by atoms with Crippen LogP contribution in [0.4, 0.5) is 0 Å². The van der Waals surface area contributed by atoms with Gasteiger partial charge in [-0.05, 0) is 37.5 Å². The van der Waals surface area contributed by atoms with Gasteiger partial charge >= 0.3 is 0 Å². The van der Waals surface area contributed by atoms with E-state index in [1.54, 1.807) is 0 Å². The van der Waals surface area contributed by atoms with Crippen molar-refractivity contribution in [3.63, 3.8) is 0 Å². The van der Waals surface area contributed by atoms with Crippen molar-refractivity contribution in [2.24, 2.45) is 16.7 Å². The fourth-order valence-electron chi connectivity index (χ4n) is 4.19. The lowest BCUT2D eigenvalue weighted by Crippen LogP contribution is -2.49. The summed E-state index contributed by atoms with van der Waals surface area (Å²) in [5.74, 6) is 0.279. The van der Waals surface area contributed by atoms with Gasteiger partial charge in [-0.3, -0.25) is 4.79 Å². The minimum Gasteiger partial charge on any atom is -0.299 e. The van der Waals surface area contributed by atoms with Crippen LogP contribution in [0.1, 0.15) is 46.5 Å². The molecule has 0 unspecified atom stereocenters. The fourth-order valence-corrected chi connectivity index (χ4v) is 6.03. The van der Waals surface area contributed by atoms with E-state index >= 15 is 0 Å². The summed E-state index contributed by atoms with van der Waals surface area (Å²) in [6.07, 6.45) is 3.12. The predicted octanol–water partition coefficient (Wildman–Crippen LogP) is 1.74. The first-order valence-corrected chi connectivity index (χ1v) is 8.98. The SMILES string of the molecule is C[C@H]1CCN1OS(=O)(=O)C[C@@]12CC[C@@H](CC1=O)C2(C)C. The summed E-state index contributed by atoms with van der Waals surface area (Å²) in [6.45, 7) is 6.66. The monoisotopic (exact) mass is 301 g/mol. The maximum absolute atomic E-state index is 12.4. The molecule has 0 aromatic rings. The Balaban J connectivity index is 1.81. The van der Waals surface area contributed by atoms with Gasteiger partial charge in [0.25, 0.3) is 10.1 Å². The van der Waals surface area contributed by atoms with Crippen molar-refractivity contribution in [1.82, 2.24) is 5.06 Å². The number of ketones is 1. The van der Waals surface area contributed by atoms with E-state index in [0.29, 0.717) is 25.3 Å². The summed E-state index contributed by atoms with van der Waals surface area (Å²) < 4.78 is 29.9. The number of hydrogen-bond donors (Lipinski definition) is 0. The molecule has 1 heterocycles. The summed E-state index contributed by atoms with van der Waals surface area (Å²) >= 11 is 0. The lowest BCUT2D eigenvalue weighted by molar-refractivity contribution is -0.143. The zero-order chi connectivity index (χ0) is 14.8. The third kappa shape index (κ3) is 1.88. The van der Waals surface area contributed by atoms with Crippen LogP contribution in [-0.2, 0) is 19.2 Å². The molecule has 3 aliphatic rings. The van der Waals surface area contributed by atoms with Gasteiger partial charge in [-0.15, -0.1) is 0 Å². The molecule has 3 rings (SSSR count). The van der Waals surface area contributed by atoms with E-state index in [4.69, 9.17) is 4.28 Å². The lowest BCUT2D eigenvalue weighted by Gasteiger charge is -2.39. The molecule has 1 aliphatic heterocycles. The van der Waals surface area contributed by atoms with Crippen molar-refractivity contribution in [1.29, 1.82) is 0 Å². The highest BCUT2D eigenvalue weighted by atomic mass is 32.2. The molecule has 3 fully saturated rings. The number of rotatable bonds is 4. The molecule has 20 heavy (non-hydrogen) atoms. The van der Waals surface area contributed by atoms with Crippen LogP contribution < -0.4 is 0 Å². The van der Waals surface area contributed by atoms with Gasteiger partial charge in [0.15, 0.2) is 0 Å². The van der Waals surface area contributed by atoms with Crippen molar-refractivity contribution < 1.29 is 17.5 Å². The number of Topliss-reactive ketones (excluding diaryl/α,β-unsaturated/α-hetero) is 1. The molecule has 0 radical (unpaired) electrons. The van der Waals surface area contributed by atoms with Crippen LogP contribution in [0, 0.1) is 16.7 Å². The Morgan fingerprint density at radius 1 is 1.35 bits per heavy atom. The normalized spacial score (nSPS) is 40.0. The van der Waals surface area contributed by atoms with Gasteiger partial charge in [-0.1, -0.05) is 13.8 Å². The molecule has 2 bridgehead atoms. The average molecular weight is 301 g/mol. The van der Waals surface area contributed by atoms with Gasteiger partial charge in [-0.25, -0.2) is 0 Å². The van der Waals surface area contributed by atoms with Crippen molar-refractivity contribution in [2.75, 3.05) is 12.3 Å². The van der Waals surface area contributed by atoms with Crippen LogP contribution in [0.15, 0.2) is 0 Å². The van der Waals surface area contributed by atoms with Gasteiger partial charge in [0.05, 0.1) is 11.2 Å². The van der Waals surface area contributed by atoms with Crippen LogP contribution in [0.25, 0.3) is 0 Å². The van der Waals surface area contributed by atoms with Crippen LogP contribution in [0.5, 0.6) is 0 Å². The number of hydroxylamine groups is 2. The van der Waals surface area contributed by atoms with Crippen molar-refractivity contribution in [3.8, 4) is 0 Å². The van der Waals surface area contributed by atoms with Crippen LogP contribution >= 0.6 is 0 Å². The first-order chi connectivity index (χ1) is 9.18. The van der Waals surface area contributed by atoms with E-state index < -0.39 is 15.5 Å². The second-order valence-corrected chi connectivity index (χ2v) is 8.77. The van der Waals surface area contributed by atoms with Gasteiger partial charge in [-0.2, -0.15) is 17.8 Å². The molecule has 0 aromatic carbocycles. The molecular weight excluding hydrogens is 278 g/mol.